The molecule has 25 heavy (non-hydrogen) atoms. The summed E-state index contributed by atoms with van der Waals surface area (Å²) in [7, 11) is 4.68. The van der Waals surface area contributed by atoms with E-state index in [-0.39, 0.29) is 5.30 Å². The Balaban J connectivity index is 2.01. The first-order valence-electron chi connectivity index (χ1n) is 7.76. The van der Waals surface area contributed by atoms with E-state index >= 15 is 0 Å². The first-order chi connectivity index (χ1) is 12.2. The maximum absolute atomic E-state index is 11.1. The lowest BCUT2D eigenvalue weighted by molar-refractivity contribution is -0.692. The Kier molecular flexibility index (Phi) is 7.35. The zero-order valence-electron chi connectivity index (χ0n) is 14.6. The number of rotatable bonds is 7. The van der Waals surface area contributed by atoms with E-state index in [0.717, 1.165) is 29.2 Å². The van der Waals surface area contributed by atoms with Gasteiger partial charge in [-0.3, -0.25) is 0 Å². The van der Waals surface area contributed by atoms with E-state index in [1.807, 2.05) is 59.4 Å². The molecule has 0 aliphatic rings. The second-order valence-electron chi connectivity index (χ2n) is 5.11. The van der Waals surface area contributed by atoms with Crippen LogP contribution < -0.4 is 14.0 Å². The average molecular weight is 360 g/mol. The van der Waals surface area contributed by atoms with Crippen molar-refractivity contribution in [2.24, 2.45) is 0 Å². The lowest BCUT2D eigenvalue weighted by Gasteiger charge is -2.07. The molecule has 0 atom stereocenters. The number of aryl methyl sites for hydroxylation is 1. The Morgan fingerprint density at radius 2 is 1.84 bits per heavy atom. The fourth-order valence-corrected chi connectivity index (χ4v) is 2.76. The largest absolute Gasteiger partial charge is 0.497 e. The van der Waals surface area contributed by atoms with Crippen LogP contribution >= 0.6 is 11.8 Å². The summed E-state index contributed by atoms with van der Waals surface area (Å²) in [6.45, 7) is 0.744. The van der Waals surface area contributed by atoms with Gasteiger partial charge in [-0.1, -0.05) is 12.2 Å². The number of benzene rings is 1. The van der Waals surface area contributed by atoms with Gasteiger partial charge in [-0.2, -0.15) is 0 Å². The number of hydrogen-bond donors (Lipinski definition) is 0. The lowest BCUT2D eigenvalue weighted by Crippen LogP contribution is -2.33. The van der Waals surface area contributed by atoms with Crippen LogP contribution in [0.4, 0.5) is 4.79 Å². The van der Waals surface area contributed by atoms with E-state index in [2.05, 4.69) is 4.74 Å². The molecule has 1 heterocycles. The van der Waals surface area contributed by atoms with Gasteiger partial charge >= 0.3 is 5.30 Å². The van der Waals surface area contributed by atoms with Gasteiger partial charge in [0, 0.05) is 17.7 Å². The Hall–Kier alpha value is -2.47. The molecule has 0 saturated carbocycles. The molecular weight excluding hydrogens is 338 g/mol. The summed E-state index contributed by atoms with van der Waals surface area (Å²) in [5, 5.41) is -0.257. The molecule has 6 heteroatoms. The van der Waals surface area contributed by atoms with Gasteiger partial charge in [0.15, 0.2) is 18.9 Å². The van der Waals surface area contributed by atoms with Crippen molar-refractivity contribution in [1.29, 1.82) is 0 Å². The van der Waals surface area contributed by atoms with E-state index in [0.29, 0.717) is 5.75 Å². The van der Waals surface area contributed by atoms with E-state index in [9.17, 15) is 4.79 Å². The van der Waals surface area contributed by atoms with Crippen LogP contribution in [0, 0.1) is 0 Å². The van der Waals surface area contributed by atoms with Crippen LogP contribution in [-0.4, -0.2) is 32.4 Å². The maximum Gasteiger partial charge on any atom is 0.367 e. The number of aromatic nitrogens is 1. The molecule has 0 fully saturated rings. The van der Waals surface area contributed by atoms with E-state index in [1.165, 1.54) is 18.9 Å². The normalized spacial score (nSPS) is 10.7. The smallest absolute Gasteiger partial charge is 0.367 e. The molecule has 1 aromatic carbocycles. The predicted octanol–water partition coefficient (Wildman–Crippen LogP) is 3.66. The summed E-state index contributed by atoms with van der Waals surface area (Å²) in [6.07, 6.45) is 7.99. The first-order valence-corrected chi connectivity index (χ1v) is 8.74. The summed E-state index contributed by atoms with van der Waals surface area (Å²) in [6, 6.07) is 9.73. The van der Waals surface area contributed by atoms with Crippen LogP contribution in [-0.2, 0) is 11.3 Å². The monoisotopic (exact) mass is 360 g/mol. The number of hydrogen-bond acceptors (Lipinski definition) is 5. The summed E-state index contributed by atoms with van der Waals surface area (Å²) in [5.41, 5.74) is 2.02. The van der Waals surface area contributed by atoms with Crippen molar-refractivity contribution >= 4 is 29.2 Å². The number of ether oxygens (including phenoxy) is 3. The zero-order valence-corrected chi connectivity index (χ0v) is 15.4. The van der Waals surface area contributed by atoms with Crippen LogP contribution in [0.5, 0.6) is 11.5 Å². The molecule has 0 N–H and O–H groups in total. The van der Waals surface area contributed by atoms with E-state index in [4.69, 9.17) is 9.47 Å². The van der Waals surface area contributed by atoms with Crippen molar-refractivity contribution in [3.63, 3.8) is 0 Å². The second kappa shape index (κ2) is 9.74. The molecule has 0 aliphatic heterocycles. The minimum Gasteiger partial charge on any atom is -0.497 e. The minimum atomic E-state index is -0.257. The van der Waals surface area contributed by atoms with E-state index in [1.54, 1.807) is 14.2 Å². The summed E-state index contributed by atoms with van der Waals surface area (Å²) < 4.78 is 17.3. The number of methoxy groups -OCH3 is 3. The van der Waals surface area contributed by atoms with Crippen LogP contribution in [0.1, 0.15) is 11.1 Å². The average Bonchev–Trinajstić information content (AvgIpc) is 2.66. The molecule has 0 amide bonds. The fraction of sp³-hybridized carbons (Fsp3) is 0.263. The third-order valence-electron chi connectivity index (χ3n) is 3.55. The fourth-order valence-electron chi connectivity index (χ4n) is 2.18. The lowest BCUT2D eigenvalue weighted by atomic mass is 10.1. The zero-order chi connectivity index (χ0) is 18.1. The molecule has 0 unspecified atom stereocenters. The standard InChI is InChI=1S/C19H22NO4S/c1-22-17-6-7-18(23-2)16(14-17)5-4-15-8-10-20(11-9-15)12-13-25-19(21)24-3/h4-11,14H,12-13H2,1-3H3/q+1/b5-4+. The summed E-state index contributed by atoms with van der Waals surface area (Å²) in [5.74, 6) is 2.26. The third-order valence-corrected chi connectivity index (χ3v) is 4.33. The highest BCUT2D eigenvalue weighted by Crippen LogP contribution is 2.25. The predicted molar refractivity (Wildman–Crippen MR) is 100.0 cm³/mol. The molecule has 1 aromatic heterocycles. The maximum atomic E-state index is 11.1. The Bertz CT molecular complexity index is 729. The van der Waals surface area contributed by atoms with Crippen LogP contribution in [0.2, 0.25) is 0 Å². The Morgan fingerprint density at radius 1 is 1.08 bits per heavy atom. The molecule has 132 valence electrons. The van der Waals surface area contributed by atoms with Gasteiger partial charge in [0.2, 0.25) is 0 Å². The topological polar surface area (TPSA) is 48.6 Å². The first kappa shape index (κ1) is 18.9. The third kappa shape index (κ3) is 5.83. The van der Waals surface area contributed by atoms with Gasteiger partial charge in [-0.25, -0.2) is 9.36 Å². The molecule has 5 nitrogen and oxygen atoms in total. The van der Waals surface area contributed by atoms with Crippen molar-refractivity contribution in [3.8, 4) is 11.5 Å². The highest BCUT2D eigenvalue weighted by molar-refractivity contribution is 8.13. The molecule has 0 radical (unpaired) electrons. The van der Waals surface area contributed by atoms with Crippen molar-refractivity contribution < 1.29 is 23.6 Å². The van der Waals surface area contributed by atoms with E-state index < -0.39 is 0 Å². The van der Waals surface area contributed by atoms with Crippen molar-refractivity contribution in [1.82, 2.24) is 0 Å². The van der Waals surface area contributed by atoms with Crippen LogP contribution in [0.3, 0.4) is 0 Å². The van der Waals surface area contributed by atoms with Crippen molar-refractivity contribution in [3.05, 3.63) is 53.9 Å². The molecule has 0 saturated heterocycles. The van der Waals surface area contributed by atoms with Gasteiger partial charge < -0.3 is 14.2 Å². The summed E-state index contributed by atoms with van der Waals surface area (Å²) >= 11 is 1.17. The molecular formula is C19H22NO4S+. The highest BCUT2D eigenvalue weighted by atomic mass is 32.2. The van der Waals surface area contributed by atoms with Gasteiger partial charge in [-0.05, 0) is 35.5 Å². The van der Waals surface area contributed by atoms with Gasteiger partial charge in [0.1, 0.15) is 11.5 Å². The highest BCUT2D eigenvalue weighted by Gasteiger charge is 2.05. The Labute approximate surface area is 152 Å². The van der Waals surface area contributed by atoms with Gasteiger partial charge in [-0.15, -0.1) is 0 Å². The number of carbonyl (C=O) groups is 1. The minimum absolute atomic E-state index is 0.257. The molecule has 0 bridgehead atoms. The van der Waals surface area contributed by atoms with Gasteiger partial charge in [0.25, 0.3) is 0 Å². The second-order valence-corrected chi connectivity index (χ2v) is 6.14. The molecule has 2 rings (SSSR count). The Morgan fingerprint density at radius 3 is 2.48 bits per heavy atom. The van der Waals surface area contributed by atoms with Gasteiger partial charge in [0.05, 0.1) is 27.1 Å². The summed E-state index contributed by atoms with van der Waals surface area (Å²) in [4.78, 5) is 11.1. The SMILES string of the molecule is COC(=O)SCC[n+]1ccc(/C=C/c2cc(OC)ccc2OC)cc1. The molecule has 0 spiro atoms. The van der Waals surface area contributed by atoms with Crippen LogP contribution in [0.25, 0.3) is 12.2 Å². The van der Waals surface area contributed by atoms with Crippen molar-refractivity contribution in [2.45, 2.75) is 6.54 Å². The quantitative estimate of drug-likeness (QED) is 0.557. The number of thioether (sulfide) groups is 1. The van der Waals surface area contributed by atoms with Crippen LogP contribution in [0.15, 0.2) is 42.7 Å². The molecule has 0 aliphatic carbocycles. The number of pyridine rings is 1. The number of carbonyl (C=O) groups excluding carboxylic acids is 1. The molecule has 2 aromatic rings. The van der Waals surface area contributed by atoms with Crippen molar-refractivity contribution in [2.75, 3.05) is 27.1 Å². The number of nitrogens with zero attached hydrogens (tertiary/aromatic N) is 1.